The number of nitrogens with zero attached hydrogens (tertiary/aromatic N) is 1. The molecule has 1 aliphatic heterocycles. The Hall–Kier alpha value is -1.58. The highest BCUT2D eigenvalue weighted by atomic mass is 32.2. The molecule has 9 heteroatoms. The maximum Gasteiger partial charge on any atom is 0.233 e. The fraction of sp³-hybridized carbons (Fsp3) is 0.529. The highest BCUT2D eigenvalue weighted by Crippen LogP contribution is 2.23. The molecule has 1 N–H and O–H groups in total. The summed E-state index contributed by atoms with van der Waals surface area (Å²) in [7, 11) is -1.50. The molecule has 1 aliphatic rings. The Kier molecular flexibility index (Phi) is 7.48. The minimum atomic E-state index is -3.06. The minimum absolute atomic E-state index is 0.0263. The number of ether oxygens (including phenoxy) is 1. The smallest absolute Gasteiger partial charge is 0.233 e. The first kappa shape index (κ1) is 20.7. The van der Waals surface area contributed by atoms with Crippen molar-refractivity contribution in [2.45, 2.75) is 24.3 Å². The molecule has 0 aromatic heterocycles. The number of rotatable bonds is 8. The first-order valence-electron chi connectivity index (χ1n) is 8.30. The predicted molar refractivity (Wildman–Crippen MR) is 102 cm³/mol. The van der Waals surface area contributed by atoms with Gasteiger partial charge in [0.05, 0.1) is 23.9 Å². The molecule has 0 radical (unpaired) electrons. The van der Waals surface area contributed by atoms with Crippen molar-refractivity contribution in [2.24, 2.45) is 0 Å². The summed E-state index contributed by atoms with van der Waals surface area (Å²) in [4.78, 5) is 26.2. The Bertz CT molecular complexity index is 734. The van der Waals surface area contributed by atoms with E-state index in [2.05, 4.69) is 5.32 Å². The lowest BCUT2D eigenvalue weighted by Crippen LogP contribution is -2.44. The average Bonchev–Trinajstić information content (AvgIpc) is 2.94. The zero-order valence-corrected chi connectivity index (χ0v) is 16.6. The monoisotopic (exact) mass is 400 g/mol. The number of thioether (sulfide) groups is 1. The SMILES string of the molecule is COCCN(C(=O)CSc1ccc(NC(C)=O)cc1)[C@@H]1CCS(=O)(=O)C1. The fourth-order valence-corrected chi connectivity index (χ4v) is 5.30. The number of hydrogen-bond donors (Lipinski definition) is 1. The molecule has 26 heavy (non-hydrogen) atoms. The van der Waals surface area contributed by atoms with Crippen LogP contribution in [0.15, 0.2) is 29.2 Å². The van der Waals surface area contributed by atoms with Crippen molar-refractivity contribution in [3.63, 3.8) is 0 Å². The van der Waals surface area contributed by atoms with Gasteiger partial charge in [0.15, 0.2) is 9.84 Å². The topological polar surface area (TPSA) is 92.8 Å². The molecule has 0 spiro atoms. The highest BCUT2D eigenvalue weighted by molar-refractivity contribution is 8.00. The largest absolute Gasteiger partial charge is 0.383 e. The van der Waals surface area contributed by atoms with Crippen LogP contribution in [0.25, 0.3) is 0 Å². The Morgan fingerprint density at radius 2 is 2.00 bits per heavy atom. The van der Waals surface area contributed by atoms with Crippen LogP contribution in [0.1, 0.15) is 13.3 Å². The maximum atomic E-state index is 12.6. The van der Waals surface area contributed by atoms with E-state index < -0.39 is 9.84 Å². The molecule has 0 unspecified atom stereocenters. The first-order chi connectivity index (χ1) is 12.3. The summed E-state index contributed by atoms with van der Waals surface area (Å²) in [5.74, 6) is 0.144. The number of benzene rings is 1. The molecule has 7 nitrogen and oxygen atoms in total. The van der Waals surface area contributed by atoms with Crippen LogP contribution in [-0.4, -0.2) is 68.7 Å². The van der Waals surface area contributed by atoms with Gasteiger partial charge in [-0.05, 0) is 30.7 Å². The van der Waals surface area contributed by atoms with Crippen LogP contribution in [0, 0.1) is 0 Å². The lowest BCUT2D eigenvalue weighted by atomic mass is 10.2. The summed E-state index contributed by atoms with van der Waals surface area (Å²) in [5.41, 5.74) is 0.700. The molecule has 1 saturated heterocycles. The van der Waals surface area contributed by atoms with Crippen molar-refractivity contribution in [3.05, 3.63) is 24.3 Å². The van der Waals surface area contributed by atoms with E-state index in [9.17, 15) is 18.0 Å². The second-order valence-electron chi connectivity index (χ2n) is 6.13. The van der Waals surface area contributed by atoms with E-state index in [0.29, 0.717) is 25.3 Å². The average molecular weight is 401 g/mol. The number of methoxy groups -OCH3 is 1. The number of amides is 2. The van der Waals surface area contributed by atoms with Crippen LogP contribution >= 0.6 is 11.8 Å². The second-order valence-corrected chi connectivity index (χ2v) is 9.41. The third kappa shape index (κ3) is 6.30. The molecular formula is C17H24N2O5S2. The highest BCUT2D eigenvalue weighted by Gasteiger charge is 2.34. The van der Waals surface area contributed by atoms with Crippen molar-refractivity contribution in [1.29, 1.82) is 0 Å². The third-order valence-electron chi connectivity index (χ3n) is 4.04. The van der Waals surface area contributed by atoms with Crippen LogP contribution in [0.4, 0.5) is 5.69 Å². The molecule has 1 aromatic rings. The predicted octanol–water partition coefficient (Wildman–Crippen LogP) is 1.40. The van der Waals surface area contributed by atoms with Gasteiger partial charge in [0.2, 0.25) is 11.8 Å². The van der Waals surface area contributed by atoms with E-state index in [1.165, 1.54) is 18.7 Å². The molecule has 144 valence electrons. The normalized spacial score (nSPS) is 18.5. The first-order valence-corrected chi connectivity index (χ1v) is 11.1. The number of nitrogens with one attached hydrogen (secondary N) is 1. The molecule has 1 aromatic carbocycles. The number of carbonyl (C=O) groups excluding carboxylic acids is 2. The van der Waals surface area contributed by atoms with Crippen LogP contribution < -0.4 is 5.32 Å². The summed E-state index contributed by atoms with van der Waals surface area (Å²) < 4.78 is 28.5. The molecular weight excluding hydrogens is 376 g/mol. The van der Waals surface area contributed by atoms with Gasteiger partial charge in [0.25, 0.3) is 0 Å². The van der Waals surface area contributed by atoms with Crippen LogP contribution in [0.3, 0.4) is 0 Å². The second kappa shape index (κ2) is 9.38. The van der Waals surface area contributed by atoms with Gasteiger partial charge in [-0.1, -0.05) is 0 Å². The van der Waals surface area contributed by atoms with Crippen molar-refractivity contribution >= 4 is 39.1 Å². The quantitative estimate of drug-likeness (QED) is 0.663. The summed E-state index contributed by atoms with van der Waals surface area (Å²) in [6, 6.07) is 6.96. The van der Waals surface area contributed by atoms with Gasteiger partial charge in [-0.3, -0.25) is 9.59 Å². The maximum absolute atomic E-state index is 12.6. The molecule has 1 heterocycles. The van der Waals surface area contributed by atoms with Crippen molar-refractivity contribution in [2.75, 3.05) is 42.8 Å². The van der Waals surface area contributed by atoms with Crippen molar-refractivity contribution in [1.82, 2.24) is 4.90 Å². The molecule has 0 bridgehead atoms. The Morgan fingerprint density at radius 3 is 2.54 bits per heavy atom. The molecule has 1 fully saturated rings. The number of carbonyl (C=O) groups is 2. The lowest BCUT2D eigenvalue weighted by molar-refractivity contribution is -0.130. The van der Waals surface area contributed by atoms with E-state index in [-0.39, 0.29) is 35.1 Å². The van der Waals surface area contributed by atoms with Gasteiger partial charge < -0.3 is 15.0 Å². The van der Waals surface area contributed by atoms with Crippen LogP contribution in [0.2, 0.25) is 0 Å². The van der Waals surface area contributed by atoms with E-state index in [0.717, 1.165) is 4.90 Å². The molecule has 1 atom stereocenters. The van der Waals surface area contributed by atoms with Crippen LogP contribution in [0.5, 0.6) is 0 Å². The van der Waals surface area contributed by atoms with Crippen molar-refractivity contribution in [3.8, 4) is 0 Å². The molecule has 0 saturated carbocycles. The van der Waals surface area contributed by atoms with E-state index in [1.807, 2.05) is 12.1 Å². The number of anilines is 1. The third-order valence-corrected chi connectivity index (χ3v) is 6.79. The van der Waals surface area contributed by atoms with Gasteiger partial charge >= 0.3 is 0 Å². The summed E-state index contributed by atoms with van der Waals surface area (Å²) in [5, 5.41) is 2.69. The van der Waals surface area contributed by atoms with Gasteiger partial charge in [-0.25, -0.2) is 8.42 Å². The van der Waals surface area contributed by atoms with Gasteiger partial charge in [-0.2, -0.15) is 0 Å². The number of hydrogen-bond acceptors (Lipinski definition) is 6. The molecule has 2 rings (SSSR count). The summed E-state index contributed by atoms with van der Waals surface area (Å²) in [6.07, 6.45) is 0.480. The lowest BCUT2D eigenvalue weighted by Gasteiger charge is -2.28. The van der Waals surface area contributed by atoms with Crippen molar-refractivity contribution < 1.29 is 22.7 Å². The summed E-state index contributed by atoms with van der Waals surface area (Å²) in [6.45, 7) is 2.20. The van der Waals surface area contributed by atoms with E-state index in [4.69, 9.17) is 4.74 Å². The van der Waals surface area contributed by atoms with Gasteiger partial charge in [0, 0.05) is 37.2 Å². The van der Waals surface area contributed by atoms with Crippen LogP contribution in [-0.2, 0) is 24.2 Å². The van der Waals surface area contributed by atoms with Gasteiger partial charge in [-0.15, -0.1) is 11.8 Å². The minimum Gasteiger partial charge on any atom is -0.383 e. The summed E-state index contributed by atoms with van der Waals surface area (Å²) >= 11 is 1.38. The fourth-order valence-electron chi connectivity index (χ4n) is 2.79. The zero-order chi connectivity index (χ0) is 19.2. The zero-order valence-electron chi connectivity index (χ0n) is 14.9. The Morgan fingerprint density at radius 1 is 1.31 bits per heavy atom. The number of sulfone groups is 1. The van der Waals surface area contributed by atoms with E-state index in [1.54, 1.807) is 24.1 Å². The van der Waals surface area contributed by atoms with E-state index >= 15 is 0 Å². The molecule has 0 aliphatic carbocycles. The Balaban J connectivity index is 1.95. The molecule has 2 amide bonds. The van der Waals surface area contributed by atoms with Gasteiger partial charge in [0.1, 0.15) is 0 Å². The standard InChI is InChI=1S/C17H24N2O5S2/c1-13(20)18-14-3-5-16(6-4-14)25-11-17(21)19(8-9-24-2)15-7-10-26(22,23)12-15/h3-6,15H,7-12H2,1-2H3,(H,18,20)/t15-/m1/s1. The Labute approximate surface area is 158 Å².